The topological polar surface area (TPSA) is 29.9 Å². The van der Waals surface area contributed by atoms with Crippen molar-refractivity contribution in [1.29, 1.82) is 0 Å². The highest BCUT2D eigenvalue weighted by atomic mass is 15.3. The molecule has 1 heterocycles. The molecule has 1 fully saturated rings. The molecular weight excluding hydrogens is 234 g/mol. The molecule has 1 aromatic rings. The van der Waals surface area contributed by atoms with E-state index in [2.05, 4.69) is 35.0 Å². The van der Waals surface area contributed by atoms with E-state index in [1.807, 2.05) is 0 Å². The van der Waals surface area contributed by atoms with Gasteiger partial charge in [-0.2, -0.15) is 5.10 Å². The Morgan fingerprint density at radius 2 is 2.05 bits per heavy atom. The molecule has 0 amide bonds. The predicted molar refractivity (Wildman–Crippen MR) is 80.2 cm³/mol. The molecule has 0 bridgehead atoms. The first-order valence-corrected chi connectivity index (χ1v) is 8.09. The molecule has 1 aliphatic rings. The van der Waals surface area contributed by atoms with E-state index in [1.165, 1.54) is 49.9 Å². The predicted octanol–water partition coefficient (Wildman–Crippen LogP) is 3.53. The maximum absolute atomic E-state index is 4.59. The Morgan fingerprint density at radius 1 is 1.26 bits per heavy atom. The molecule has 1 aromatic heterocycles. The minimum Gasteiger partial charge on any atom is -0.311 e. The van der Waals surface area contributed by atoms with Crippen molar-refractivity contribution < 1.29 is 0 Å². The lowest BCUT2D eigenvalue weighted by Crippen LogP contribution is -2.20. The first-order valence-electron chi connectivity index (χ1n) is 8.09. The summed E-state index contributed by atoms with van der Waals surface area (Å²) in [5.41, 5.74) is 2.55. The van der Waals surface area contributed by atoms with E-state index in [4.69, 9.17) is 0 Å². The van der Waals surface area contributed by atoms with Gasteiger partial charge in [0, 0.05) is 13.1 Å². The van der Waals surface area contributed by atoms with E-state index in [0.29, 0.717) is 0 Å². The Bertz CT molecular complexity index is 364. The molecular formula is C16H29N3. The second kappa shape index (κ2) is 7.68. The number of nitrogens with one attached hydrogen (secondary N) is 1. The van der Waals surface area contributed by atoms with E-state index in [9.17, 15) is 0 Å². The van der Waals surface area contributed by atoms with Crippen LogP contribution in [0.25, 0.3) is 0 Å². The second-order valence-electron chi connectivity index (χ2n) is 5.77. The van der Waals surface area contributed by atoms with Gasteiger partial charge in [0.2, 0.25) is 0 Å². The monoisotopic (exact) mass is 263 g/mol. The van der Waals surface area contributed by atoms with Gasteiger partial charge >= 0.3 is 0 Å². The third kappa shape index (κ3) is 4.34. The molecule has 0 spiro atoms. The van der Waals surface area contributed by atoms with Gasteiger partial charge in [-0.3, -0.25) is 4.68 Å². The number of rotatable bonds is 7. The molecule has 1 aliphatic carbocycles. The van der Waals surface area contributed by atoms with Crippen LogP contribution in [0.2, 0.25) is 0 Å². The third-order valence-corrected chi connectivity index (χ3v) is 4.34. The molecule has 1 saturated carbocycles. The molecule has 3 heteroatoms. The number of hydrogen-bond acceptors (Lipinski definition) is 2. The zero-order chi connectivity index (χ0) is 13.5. The summed E-state index contributed by atoms with van der Waals surface area (Å²) >= 11 is 0. The van der Waals surface area contributed by atoms with Gasteiger partial charge in [-0.15, -0.1) is 0 Å². The maximum atomic E-state index is 4.59. The normalized spacial score (nSPS) is 16.9. The van der Waals surface area contributed by atoms with Crippen molar-refractivity contribution in [2.75, 3.05) is 6.54 Å². The fraction of sp³-hybridized carbons (Fsp3) is 0.812. The van der Waals surface area contributed by atoms with E-state index < -0.39 is 0 Å². The van der Waals surface area contributed by atoms with Crippen LogP contribution >= 0.6 is 0 Å². The van der Waals surface area contributed by atoms with Gasteiger partial charge in [-0.25, -0.2) is 0 Å². The Labute approximate surface area is 117 Å². The fourth-order valence-corrected chi connectivity index (χ4v) is 3.10. The van der Waals surface area contributed by atoms with Gasteiger partial charge in [0.15, 0.2) is 0 Å². The van der Waals surface area contributed by atoms with Crippen LogP contribution in [0.5, 0.6) is 0 Å². The quantitative estimate of drug-likeness (QED) is 0.763. The Morgan fingerprint density at radius 3 is 2.74 bits per heavy atom. The summed E-state index contributed by atoms with van der Waals surface area (Å²) in [7, 11) is 0. The van der Waals surface area contributed by atoms with E-state index >= 15 is 0 Å². The highest BCUT2D eigenvalue weighted by Gasteiger charge is 2.12. The van der Waals surface area contributed by atoms with Gasteiger partial charge < -0.3 is 5.32 Å². The van der Waals surface area contributed by atoms with Crippen LogP contribution in [0, 0.1) is 5.92 Å². The molecule has 0 aliphatic heterocycles. The van der Waals surface area contributed by atoms with Crippen molar-refractivity contribution in [1.82, 2.24) is 15.1 Å². The highest BCUT2D eigenvalue weighted by Crippen LogP contribution is 2.25. The zero-order valence-electron chi connectivity index (χ0n) is 12.6. The van der Waals surface area contributed by atoms with Crippen LogP contribution in [0.4, 0.5) is 0 Å². The van der Waals surface area contributed by atoms with Crippen molar-refractivity contribution in [3.05, 3.63) is 17.5 Å². The first kappa shape index (κ1) is 14.6. The molecule has 0 atom stereocenters. The molecule has 19 heavy (non-hydrogen) atoms. The summed E-state index contributed by atoms with van der Waals surface area (Å²) in [6, 6.07) is 2.25. The smallest absolute Gasteiger partial charge is 0.0625 e. The average Bonchev–Trinajstić information content (AvgIpc) is 2.87. The van der Waals surface area contributed by atoms with Crippen molar-refractivity contribution in [2.24, 2.45) is 5.92 Å². The molecule has 0 radical (unpaired) electrons. The third-order valence-electron chi connectivity index (χ3n) is 4.34. The summed E-state index contributed by atoms with van der Waals surface area (Å²) in [6.45, 7) is 7.43. The number of hydrogen-bond donors (Lipinski definition) is 1. The summed E-state index contributed by atoms with van der Waals surface area (Å²) < 4.78 is 2.13. The van der Waals surface area contributed by atoms with E-state index in [-0.39, 0.29) is 0 Å². The van der Waals surface area contributed by atoms with Crippen LogP contribution in [0.3, 0.4) is 0 Å². The number of aromatic nitrogens is 2. The molecule has 0 saturated heterocycles. The summed E-state index contributed by atoms with van der Waals surface area (Å²) in [5, 5.41) is 8.19. The highest BCUT2D eigenvalue weighted by molar-refractivity contribution is 5.10. The number of aryl methyl sites for hydroxylation is 2. The zero-order valence-corrected chi connectivity index (χ0v) is 12.6. The van der Waals surface area contributed by atoms with Gasteiger partial charge in [0.1, 0.15) is 0 Å². The average molecular weight is 263 g/mol. The largest absolute Gasteiger partial charge is 0.311 e. The lowest BCUT2D eigenvalue weighted by atomic mass is 9.87. The Balaban J connectivity index is 1.71. The van der Waals surface area contributed by atoms with Crippen LogP contribution in [0.1, 0.15) is 63.8 Å². The number of nitrogens with zero attached hydrogens (tertiary/aromatic N) is 2. The Hall–Kier alpha value is -0.830. The summed E-state index contributed by atoms with van der Waals surface area (Å²) in [5.74, 6) is 0.975. The van der Waals surface area contributed by atoms with Crippen molar-refractivity contribution >= 4 is 0 Å². The van der Waals surface area contributed by atoms with Gasteiger partial charge in [0.05, 0.1) is 11.4 Å². The lowest BCUT2D eigenvalue weighted by molar-refractivity contribution is 0.333. The summed E-state index contributed by atoms with van der Waals surface area (Å²) in [6.07, 6.45) is 9.64. The fourth-order valence-electron chi connectivity index (χ4n) is 3.10. The molecule has 3 nitrogen and oxygen atoms in total. The second-order valence-corrected chi connectivity index (χ2v) is 5.77. The van der Waals surface area contributed by atoms with Crippen LogP contribution in [-0.4, -0.2) is 16.3 Å². The van der Waals surface area contributed by atoms with Crippen molar-refractivity contribution in [3.63, 3.8) is 0 Å². The van der Waals surface area contributed by atoms with Crippen molar-refractivity contribution in [3.8, 4) is 0 Å². The maximum Gasteiger partial charge on any atom is 0.0625 e. The lowest BCUT2D eigenvalue weighted by Gasteiger charge is -2.21. The van der Waals surface area contributed by atoms with Crippen LogP contribution < -0.4 is 5.32 Å². The van der Waals surface area contributed by atoms with Gasteiger partial charge in [-0.1, -0.05) is 39.0 Å². The summed E-state index contributed by atoms with van der Waals surface area (Å²) in [4.78, 5) is 0. The van der Waals surface area contributed by atoms with E-state index in [1.54, 1.807) is 0 Å². The van der Waals surface area contributed by atoms with Crippen LogP contribution in [0.15, 0.2) is 6.07 Å². The van der Waals surface area contributed by atoms with Gasteiger partial charge in [0.25, 0.3) is 0 Å². The first-order chi connectivity index (χ1) is 9.33. The molecule has 2 rings (SSSR count). The standard InChI is InChI=1S/C16H29N3/c1-3-15-12-16(19(4-2)18-15)13-17-11-10-14-8-6-5-7-9-14/h12,14,17H,3-11,13H2,1-2H3. The molecule has 1 N–H and O–H groups in total. The van der Waals surface area contributed by atoms with Gasteiger partial charge in [-0.05, 0) is 38.3 Å². The molecule has 0 aromatic carbocycles. The minimum absolute atomic E-state index is 0.966. The Kier molecular flexibility index (Phi) is 5.90. The van der Waals surface area contributed by atoms with Crippen LogP contribution in [-0.2, 0) is 19.5 Å². The molecule has 0 unspecified atom stereocenters. The minimum atomic E-state index is 0.966. The SMILES string of the molecule is CCc1cc(CNCCC2CCCCC2)n(CC)n1. The molecule has 108 valence electrons. The van der Waals surface area contributed by atoms with E-state index in [0.717, 1.165) is 32.0 Å². The van der Waals surface area contributed by atoms with Crippen molar-refractivity contribution in [2.45, 2.75) is 71.9 Å².